The van der Waals surface area contributed by atoms with Gasteiger partial charge in [-0.15, -0.1) is 0 Å². The monoisotopic (exact) mass is 1640 g/mol. The van der Waals surface area contributed by atoms with Crippen molar-refractivity contribution >= 4 is 77.0 Å². The molecule has 29 heteroatoms. The van der Waals surface area contributed by atoms with E-state index in [0.717, 1.165) is 32.1 Å². The van der Waals surface area contributed by atoms with Gasteiger partial charge in [-0.3, -0.25) is 57.5 Å². The number of aliphatic hydroxyl groups is 1. The lowest BCUT2D eigenvalue weighted by Gasteiger charge is -2.41. The summed E-state index contributed by atoms with van der Waals surface area (Å²) in [5, 5.41) is 29.2. The number of nitrogens with one attached hydrogen (secondary N) is 6. The number of alkyl carbamates (subject to hydrolysis) is 1. The number of rotatable bonds is 26. The Morgan fingerprint density at radius 2 is 0.915 bits per heavy atom. The second kappa shape index (κ2) is 46.0. The van der Waals surface area contributed by atoms with Gasteiger partial charge in [0.2, 0.25) is 65.0 Å². The Labute approximate surface area is 699 Å². The second-order valence-electron chi connectivity index (χ2n) is 34.3. The average molecular weight is 1650 g/mol. The molecule has 1 fully saturated rings. The van der Waals surface area contributed by atoms with Crippen molar-refractivity contribution in [3.05, 3.63) is 107 Å². The van der Waals surface area contributed by atoms with E-state index in [4.69, 9.17) is 9.47 Å². The Balaban J connectivity index is 1.56. The SMILES string of the molecule is C/C=C/C[C@@H](C)[C@@H](O)[C@H]1C(=O)N[C@@H](CC)C(=O)N(C)C(Cc2ccc(C(=O)NCCOCCNC(=O)OCC3c4ccccc4-c4ccccc43)cc2)C(=O)N(C)[C@@H](CC(C)C)C(=O)N[C@@H](C(C)C)C(=O)N(C)[C@@H](CC(C)C)C(=O)N[C@@H](C)C(=O)N[C@H](C)C(=O)N(C)[C@@H](CC(C)C)C(=O)N(C)[C@@H](CC(C)C)C(=O)N(C)[C@@H](C(C)C)C(=O)N1C. The smallest absolute Gasteiger partial charge is 0.407 e. The molecule has 1 heterocycles. The Kier molecular flexibility index (Phi) is 38.5. The summed E-state index contributed by atoms with van der Waals surface area (Å²) in [5.41, 5.74) is 5.10. The maximum absolute atomic E-state index is 15.8. The van der Waals surface area contributed by atoms with Crippen LogP contribution in [0.4, 0.5) is 4.79 Å². The molecule has 654 valence electrons. The van der Waals surface area contributed by atoms with Crippen LogP contribution in [0.5, 0.6) is 0 Å². The highest BCUT2D eigenvalue weighted by Gasteiger charge is 2.47. The Morgan fingerprint density at radius 3 is 1.42 bits per heavy atom. The first-order valence-corrected chi connectivity index (χ1v) is 41.8. The van der Waals surface area contributed by atoms with Crippen molar-refractivity contribution in [3.63, 3.8) is 0 Å². The van der Waals surface area contributed by atoms with Gasteiger partial charge in [0, 0.05) is 80.3 Å². The number of fused-ring (bicyclic) bond motifs is 3. The largest absolute Gasteiger partial charge is 0.449 e. The molecule has 1 saturated heterocycles. The topological polar surface area (TPSA) is 355 Å². The second-order valence-corrected chi connectivity index (χ2v) is 34.3. The Bertz CT molecular complexity index is 3910. The van der Waals surface area contributed by atoms with Gasteiger partial charge in [-0.1, -0.05) is 170 Å². The first-order chi connectivity index (χ1) is 55.4. The summed E-state index contributed by atoms with van der Waals surface area (Å²) >= 11 is 0. The first-order valence-electron chi connectivity index (χ1n) is 41.8. The van der Waals surface area contributed by atoms with E-state index < -0.39 is 167 Å². The van der Waals surface area contributed by atoms with Crippen LogP contribution in [0.15, 0.2) is 84.9 Å². The third-order valence-electron chi connectivity index (χ3n) is 22.4. The van der Waals surface area contributed by atoms with Crippen molar-refractivity contribution in [2.45, 2.75) is 241 Å². The predicted octanol–water partition coefficient (Wildman–Crippen LogP) is 7.17. The Morgan fingerprint density at radius 1 is 0.475 bits per heavy atom. The summed E-state index contributed by atoms with van der Waals surface area (Å²) in [4.78, 5) is 201. The molecule has 7 N–H and O–H groups in total. The van der Waals surface area contributed by atoms with E-state index >= 15 is 38.4 Å². The van der Waals surface area contributed by atoms with Crippen LogP contribution >= 0.6 is 0 Å². The van der Waals surface area contributed by atoms with Gasteiger partial charge in [-0.25, -0.2) is 4.79 Å². The van der Waals surface area contributed by atoms with E-state index in [1.807, 2.05) is 91.8 Å². The summed E-state index contributed by atoms with van der Waals surface area (Å²) in [6, 6.07) is 7.73. The van der Waals surface area contributed by atoms with Crippen molar-refractivity contribution in [1.29, 1.82) is 0 Å². The lowest BCUT2D eigenvalue weighted by molar-refractivity contribution is -0.157. The van der Waals surface area contributed by atoms with Gasteiger partial charge in [-0.05, 0) is 141 Å². The maximum atomic E-state index is 15.8. The lowest BCUT2D eigenvalue weighted by atomic mass is 9.91. The van der Waals surface area contributed by atoms with Gasteiger partial charge < -0.3 is 80.8 Å². The van der Waals surface area contributed by atoms with Crippen LogP contribution in [0.1, 0.15) is 189 Å². The fourth-order valence-electron chi connectivity index (χ4n) is 15.4. The van der Waals surface area contributed by atoms with E-state index in [-0.39, 0.29) is 113 Å². The van der Waals surface area contributed by atoms with Gasteiger partial charge in [0.05, 0.1) is 19.3 Å². The van der Waals surface area contributed by atoms with E-state index in [1.165, 1.54) is 87.7 Å². The fourth-order valence-corrected chi connectivity index (χ4v) is 15.4. The third kappa shape index (κ3) is 26.4. The summed E-state index contributed by atoms with van der Waals surface area (Å²) in [6.07, 6.45) is 1.70. The van der Waals surface area contributed by atoms with E-state index in [9.17, 15) is 29.1 Å². The highest BCUT2D eigenvalue weighted by Crippen LogP contribution is 2.44. The highest BCUT2D eigenvalue weighted by molar-refractivity contribution is 6.00. The maximum Gasteiger partial charge on any atom is 0.407 e. The van der Waals surface area contributed by atoms with Crippen LogP contribution in [0.25, 0.3) is 11.1 Å². The number of carbonyl (C=O) groups is 13. The predicted molar refractivity (Wildman–Crippen MR) is 454 cm³/mol. The summed E-state index contributed by atoms with van der Waals surface area (Å²) in [5.74, 6) is -11.4. The molecule has 0 saturated carbocycles. The van der Waals surface area contributed by atoms with Crippen molar-refractivity contribution in [3.8, 4) is 11.1 Å². The van der Waals surface area contributed by atoms with Gasteiger partial charge in [0.25, 0.3) is 5.91 Å². The van der Waals surface area contributed by atoms with Gasteiger partial charge >= 0.3 is 6.09 Å². The van der Waals surface area contributed by atoms with Crippen molar-refractivity contribution in [1.82, 2.24) is 66.2 Å². The fraction of sp³-hybridized carbons (Fsp3) is 0.629. The molecule has 3 aromatic rings. The average Bonchev–Trinajstić information content (AvgIpc) is 1.36. The minimum atomic E-state index is -1.72. The van der Waals surface area contributed by atoms with Gasteiger partial charge in [-0.2, -0.15) is 0 Å². The highest BCUT2D eigenvalue weighted by atomic mass is 16.5. The molecule has 118 heavy (non-hydrogen) atoms. The van der Waals surface area contributed by atoms with E-state index in [0.29, 0.717) is 5.56 Å². The molecule has 2 aliphatic rings. The van der Waals surface area contributed by atoms with Crippen LogP contribution < -0.4 is 31.9 Å². The van der Waals surface area contributed by atoms with Crippen molar-refractivity contribution in [2.75, 3.05) is 82.2 Å². The van der Waals surface area contributed by atoms with Crippen LogP contribution in [0.2, 0.25) is 0 Å². The zero-order valence-corrected chi connectivity index (χ0v) is 74.3. The number of carbonyl (C=O) groups excluding carboxylic acids is 13. The zero-order valence-electron chi connectivity index (χ0n) is 74.3. The summed E-state index contributed by atoms with van der Waals surface area (Å²) < 4.78 is 11.4. The molecule has 3 aromatic carbocycles. The molecule has 0 bridgehead atoms. The normalized spacial score (nSPS) is 23.5. The van der Waals surface area contributed by atoms with Crippen LogP contribution in [-0.2, 0) is 68.6 Å². The van der Waals surface area contributed by atoms with Crippen LogP contribution in [0.3, 0.4) is 0 Å². The van der Waals surface area contributed by atoms with Crippen LogP contribution in [-0.4, -0.2) is 271 Å². The van der Waals surface area contributed by atoms with E-state index in [1.54, 1.807) is 84.9 Å². The minimum absolute atomic E-state index is 0.0447. The molecule has 1 unspecified atom stereocenters. The number of hydrogen-bond acceptors (Lipinski definition) is 16. The van der Waals surface area contributed by atoms with Crippen LogP contribution in [0, 0.1) is 41.4 Å². The van der Waals surface area contributed by atoms with Gasteiger partial charge in [0.15, 0.2) is 0 Å². The molecule has 13 atom stereocenters. The quantitative estimate of drug-likeness (QED) is 0.0309. The van der Waals surface area contributed by atoms with Crippen molar-refractivity contribution < 1.29 is 76.9 Å². The molecule has 29 nitrogen and oxygen atoms in total. The zero-order chi connectivity index (χ0) is 88.6. The number of nitrogens with zero attached hydrogens (tertiary/aromatic N) is 7. The molecular weight excluding hydrogens is 1510 g/mol. The minimum Gasteiger partial charge on any atom is -0.449 e. The number of likely N-dealkylation sites (N-methyl/N-ethyl adjacent to an activating group) is 7. The molecule has 1 aliphatic heterocycles. The standard InChI is InChI=1S/C89H137N13O16/c1-25-27-32-57(15)76(103)75-81(108)94-67(26-2)83(110)99(21)72(49-60-37-39-61(40-38-60)78(105)90-41-43-117-44-42-91-89(116)118-50-66-64-35-30-28-33-62(64)63-34-29-31-36-65(63)66)85(112)96(18)69(46-52(5)6)80(107)95-73(55(11)12)87(114)97(19)68(45-51(3)4)79(106)92-58(16)77(104)93-59(17)82(109)98(20)70(47-53(7)8)84(111)100(22)71(48-54(9)10)86(113)101(23)74(56(13)14)88(115)102(75)24/h25,27-31,33-40,51-59,66-76,103H,26,32,41-50H2,1-24H3,(H,90,105)(H,91,116)(H,92,106)(H,93,104)(H,94,108)(H,95,107)/b27-25+/t57-,58+,59-,67+,68+,69+,70+,71+,72?,73+,74+,75+,76-/m1/s1. The molecule has 13 amide bonds. The summed E-state index contributed by atoms with van der Waals surface area (Å²) in [6.45, 7) is 30.3. The molecule has 1 aliphatic carbocycles. The number of amides is 13. The number of aliphatic hydroxyl groups excluding tert-OH is 1. The molecule has 5 rings (SSSR count). The molecule has 0 aromatic heterocycles. The molecule has 0 spiro atoms. The van der Waals surface area contributed by atoms with E-state index in [2.05, 4.69) is 44.0 Å². The van der Waals surface area contributed by atoms with Crippen molar-refractivity contribution in [2.24, 2.45) is 41.4 Å². The number of benzene rings is 3. The lowest BCUT2D eigenvalue weighted by Crippen LogP contribution is -2.64. The molecular formula is C89H137N13O16. The number of allylic oxidation sites excluding steroid dienone is 2. The molecule has 0 radical (unpaired) electrons. The summed E-state index contributed by atoms with van der Waals surface area (Å²) in [7, 11) is 9.85. The number of hydrogen-bond donors (Lipinski definition) is 7. The third-order valence-corrected chi connectivity index (χ3v) is 22.4. The van der Waals surface area contributed by atoms with Gasteiger partial charge in [0.1, 0.15) is 73.1 Å². The Hall–Kier alpha value is -9.77. The first kappa shape index (κ1) is 98.8. The number of ether oxygens (including phenoxy) is 2.